The van der Waals surface area contributed by atoms with Crippen molar-refractivity contribution in [3.05, 3.63) is 88.0 Å². The van der Waals surface area contributed by atoms with Gasteiger partial charge in [0.2, 0.25) is 17.5 Å². The molecule has 0 bridgehead atoms. The van der Waals surface area contributed by atoms with Crippen molar-refractivity contribution in [3.63, 3.8) is 0 Å². The molecule has 2 atom stereocenters. The average molecular weight is 818 g/mol. The van der Waals surface area contributed by atoms with Crippen molar-refractivity contribution in [1.29, 1.82) is 0 Å². The fraction of sp³-hybridized carbons (Fsp3) is 0.477. The molecule has 5 fully saturated rings. The molecule has 6 aliphatic heterocycles. The molecule has 1 aromatic heterocycles. The Morgan fingerprint density at radius 2 is 1.53 bits per heavy atom. The molecule has 15 heteroatoms. The summed E-state index contributed by atoms with van der Waals surface area (Å²) in [5.41, 5.74) is 4.77. The summed E-state index contributed by atoms with van der Waals surface area (Å²) < 4.78 is 0. The number of hydrogen-bond acceptors (Lipinski definition) is 10. The van der Waals surface area contributed by atoms with E-state index in [4.69, 9.17) is 18.2 Å². The number of amides is 5. The number of carbonyl (C=O) groups is 5. The fourth-order valence-corrected chi connectivity index (χ4v) is 10.5. The van der Waals surface area contributed by atoms with E-state index in [9.17, 15) is 24.0 Å². The topological polar surface area (TPSA) is 134 Å². The van der Waals surface area contributed by atoms with Gasteiger partial charge in [-0.15, -0.1) is 0 Å². The molecule has 1 spiro atoms. The van der Waals surface area contributed by atoms with E-state index in [1.165, 1.54) is 0 Å². The number of nitrogens with one attached hydrogen (secondary N) is 1. The van der Waals surface area contributed by atoms with Gasteiger partial charge in [-0.2, -0.15) is 0 Å². The first-order valence-electron chi connectivity index (χ1n) is 20.8. The third-order valence-corrected chi connectivity index (χ3v) is 14.0. The van der Waals surface area contributed by atoms with Gasteiger partial charge in [-0.1, -0.05) is 17.7 Å². The van der Waals surface area contributed by atoms with E-state index in [0.717, 1.165) is 99.9 Å². The number of benzene rings is 2. The number of pyridine rings is 1. The molecule has 0 saturated carbocycles. The molecule has 5 saturated heterocycles. The highest BCUT2D eigenvalue weighted by Crippen LogP contribution is 2.46. The summed E-state index contributed by atoms with van der Waals surface area (Å²) >= 11 is 6.38. The van der Waals surface area contributed by atoms with Gasteiger partial charge in [-0.05, 0) is 93.3 Å². The second-order valence-corrected chi connectivity index (χ2v) is 17.4. The van der Waals surface area contributed by atoms with E-state index in [0.29, 0.717) is 47.1 Å². The monoisotopic (exact) mass is 817 g/mol. The molecule has 5 amide bonds. The smallest absolute Gasteiger partial charge is 0.272 e. The van der Waals surface area contributed by atoms with E-state index in [1.54, 1.807) is 12.1 Å². The van der Waals surface area contributed by atoms with Crippen LogP contribution in [-0.2, 0) is 9.59 Å². The van der Waals surface area contributed by atoms with Crippen LogP contribution < -0.4 is 20.0 Å². The highest BCUT2D eigenvalue weighted by molar-refractivity contribution is 6.33. The second kappa shape index (κ2) is 15.6. The number of carbonyl (C=O) groups excluding carboxylic acids is 5. The quantitative estimate of drug-likeness (QED) is 0.268. The van der Waals surface area contributed by atoms with Crippen LogP contribution in [0.3, 0.4) is 0 Å². The number of piperidine rings is 3. The van der Waals surface area contributed by atoms with Gasteiger partial charge >= 0.3 is 0 Å². The lowest BCUT2D eigenvalue weighted by molar-refractivity contribution is -0.136. The Labute approximate surface area is 348 Å². The highest BCUT2D eigenvalue weighted by atomic mass is 35.5. The summed E-state index contributed by atoms with van der Waals surface area (Å²) in [7, 11) is 0. The Bertz CT molecular complexity index is 2240. The van der Waals surface area contributed by atoms with Gasteiger partial charge in [0, 0.05) is 93.8 Å². The van der Waals surface area contributed by atoms with Crippen molar-refractivity contribution in [2.45, 2.75) is 70.0 Å². The molecule has 59 heavy (non-hydrogen) atoms. The third kappa shape index (κ3) is 7.29. The fourth-order valence-electron chi connectivity index (χ4n) is 10.3. The van der Waals surface area contributed by atoms with Crippen LogP contribution in [0.5, 0.6) is 0 Å². The van der Waals surface area contributed by atoms with Crippen LogP contribution >= 0.6 is 11.6 Å². The molecule has 1 unspecified atom stereocenters. The number of halogens is 1. The van der Waals surface area contributed by atoms with Gasteiger partial charge in [0.1, 0.15) is 11.7 Å². The van der Waals surface area contributed by atoms with Crippen molar-refractivity contribution >= 4 is 63.9 Å². The standard InChI is InChI=1S/C44H48ClN9O5/c1-28-25-44(27-53(28)31-4-7-36(46-2)35(45)24-31)13-17-49(18-14-44)32-5-8-37(47-26-32)43(59)52-15-11-29(12-16-52)50-19-21-51(22-20-50)30-3-6-33-34(23-30)42(58)54(41(33)57)38-9-10-39(55)48-40(38)56/h3-8,23-24,26,28-29,38H,9-22,25,27H2,1H3,(H,48,55,56)/t28-,38?/m0/s1. The number of aromatic nitrogens is 1. The zero-order chi connectivity index (χ0) is 41.0. The maximum Gasteiger partial charge on any atom is 0.272 e. The number of imide groups is 2. The molecule has 7 heterocycles. The van der Waals surface area contributed by atoms with Gasteiger partial charge in [-0.3, -0.25) is 39.1 Å². The Morgan fingerprint density at radius 3 is 2.20 bits per heavy atom. The normalized spacial score (nSPS) is 23.8. The predicted molar refractivity (Wildman–Crippen MR) is 223 cm³/mol. The highest BCUT2D eigenvalue weighted by Gasteiger charge is 2.46. The predicted octanol–water partition coefficient (Wildman–Crippen LogP) is 5.00. The molecule has 1 N–H and O–H groups in total. The minimum atomic E-state index is -0.983. The van der Waals surface area contributed by atoms with Gasteiger partial charge in [0.25, 0.3) is 17.7 Å². The van der Waals surface area contributed by atoms with Crippen LogP contribution in [0.25, 0.3) is 4.85 Å². The zero-order valence-electron chi connectivity index (χ0n) is 33.2. The molecule has 0 aliphatic carbocycles. The van der Waals surface area contributed by atoms with E-state index in [1.807, 2.05) is 47.5 Å². The maximum atomic E-state index is 13.6. The lowest BCUT2D eigenvalue weighted by atomic mass is 9.76. The molecular weight excluding hydrogens is 770 g/mol. The van der Waals surface area contributed by atoms with E-state index >= 15 is 0 Å². The molecular formula is C44H48ClN9O5. The average Bonchev–Trinajstić information content (AvgIpc) is 3.71. The van der Waals surface area contributed by atoms with Crippen molar-refractivity contribution in [3.8, 4) is 0 Å². The van der Waals surface area contributed by atoms with Crippen LogP contribution in [0.1, 0.15) is 83.1 Å². The van der Waals surface area contributed by atoms with Crippen molar-refractivity contribution in [2.24, 2.45) is 5.41 Å². The molecule has 6 aliphatic rings. The number of anilines is 3. The first-order chi connectivity index (χ1) is 28.5. The number of nitrogens with zero attached hydrogens (tertiary/aromatic N) is 8. The SMILES string of the molecule is [C-]#[N+]c1ccc(N2CC3(CCN(c4ccc(C(=O)N5CCC(N6CCN(c7ccc8c(c7)C(=O)N(C7CCC(=O)NC7=O)C8=O)CC6)CC5)nc4)CC3)C[C@@H]2C)cc1Cl. The Morgan fingerprint density at radius 1 is 0.831 bits per heavy atom. The van der Waals surface area contributed by atoms with Crippen LogP contribution in [0.4, 0.5) is 22.7 Å². The van der Waals surface area contributed by atoms with E-state index in [-0.39, 0.29) is 29.7 Å². The molecule has 9 rings (SSSR count). The first-order valence-corrected chi connectivity index (χ1v) is 21.2. The Kier molecular flexibility index (Phi) is 10.3. The lowest BCUT2D eigenvalue weighted by Gasteiger charge is -2.43. The second-order valence-electron chi connectivity index (χ2n) is 17.0. The summed E-state index contributed by atoms with van der Waals surface area (Å²) in [6, 6.07) is 14.8. The zero-order valence-corrected chi connectivity index (χ0v) is 34.0. The van der Waals surface area contributed by atoms with Crippen LogP contribution in [0, 0.1) is 12.0 Å². The molecule has 3 aromatic rings. The largest absolute Gasteiger partial charge is 0.370 e. The van der Waals surface area contributed by atoms with E-state index < -0.39 is 29.7 Å². The van der Waals surface area contributed by atoms with Gasteiger partial charge < -0.3 is 19.6 Å². The number of rotatable bonds is 6. The van der Waals surface area contributed by atoms with Gasteiger partial charge in [0.15, 0.2) is 0 Å². The summed E-state index contributed by atoms with van der Waals surface area (Å²) in [5.74, 6) is -2.03. The van der Waals surface area contributed by atoms with Crippen molar-refractivity contribution in [1.82, 2.24) is 25.0 Å². The van der Waals surface area contributed by atoms with Crippen molar-refractivity contribution in [2.75, 3.05) is 73.6 Å². The van der Waals surface area contributed by atoms with Crippen LogP contribution in [-0.4, -0.2) is 126 Å². The minimum absolute atomic E-state index is 0.0252. The summed E-state index contributed by atoms with van der Waals surface area (Å²) in [6.45, 7) is 17.0. The lowest BCUT2D eigenvalue weighted by Crippen LogP contribution is -2.54. The summed E-state index contributed by atoms with van der Waals surface area (Å²) in [4.78, 5) is 84.8. The minimum Gasteiger partial charge on any atom is -0.370 e. The summed E-state index contributed by atoms with van der Waals surface area (Å²) in [6.07, 6.45) is 7.13. The summed E-state index contributed by atoms with van der Waals surface area (Å²) in [5, 5.41) is 2.75. The molecule has 0 radical (unpaired) electrons. The Hall–Kier alpha value is -5.52. The number of fused-ring (bicyclic) bond motifs is 1. The molecule has 14 nitrogen and oxygen atoms in total. The van der Waals surface area contributed by atoms with Crippen molar-refractivity contribution < 1.29 is 24.0 Å². The van der Waals surface area contributed by atoms with Crippen LogP contribution in [0.2, 0.25) is 5.02 Å². The van der Waals surface area contributed by atoms with Crippen LogP contribution in [0.15, 0.2) is 54.7 Å². The molecule has 306 valence electrons. The maximum absolute atomic E-state index is 13.6. The molecule has 2 aromatic carbocycles. The third-order valence-electron chi connectivity index (χ3n) is 13.7. The number of piperazine rings is 1. The first kappa shape index (κ1) is 39.0. The van der Waals surface area contributed by atoms with Gasteiger partial charge in [-0.25, -0.2) is 9.83 Å². The van der Waals surface area contributed by atoms with Gasteiger partial charge in [0.05, 0.1) is 29.6 Å². The number of likely N-dealkylation sites (tertiary alicyclic amines) is 1. The number of hydrogen-bond donors (Lipinski definition) is 1. The Balaban J connectivity index is 0.736. The van der Waals surface area contributed by atoms with E-state index in [2.05, 4.69) is 41.7 Å².